The molecule has 1 aromatic carbocycles. The van der Waals surface area contributed by atoms with Crippen LogP contribution in [-0.2, 0) is 12.0 Å². The predicted octanol–water partition coefficient (Wildman–Crippen LogP) is 2.85. The van der Waals surface area contributed by atoms with Gasteiger partial charge in [-0.3, -0.25) is 0 Å². The van der Waals surface area contributed by atoms with Crippen LogP contribution < -0.4 is 10.1 Å². The molecule has 0 atom stereocenters. The van der Waals surface area contributed by atoms with Crippen molar-refractivity contribution in [2.75, 3.05) is 14.2 Å². The van der Waals surface area contributed by atoms with Crippen LogP contribution in [0.15, 0.2) is 12.1 Å². The molecule has 2 nitrogen and oxygen atoms in total. The van der Waals surface area contributed by atoms with Gasteiger partial charge in [0.2, 0.25) is 0 Å². The monoisotopic (exact) mass is 225 g/mol. The molecule has 0 radical (unpaired) electrons. The van der Waals surface area contributed by atoms with E-state index in [-0.39, 0.29) is 11.2 Å². The molecule has 0 heterocycles. The second-order valence-electron chi connectivity index (χ2n) is 4.94. The largest absolute Gasteiger partial charge is 0.496 e. The third kappa shape index (κ3) is 2.73. The average Bonchev–Trinajstić information content (AvgIpc) is 2.15. The zero-order valence-electron chi connectivity index (χ0n) is 10.6. The molecule has 1 N–H and O–H groups in total. The van der Waals surface area contributed by atoms with Crippen LogP contribution in [0.4, 0.5) is 4.39 Å². The number of benzene rings is 1. The Hall–Kier alpha value is -1.09. The van der Waals surface area contributed by atoms with E-state index in [0.29, 0.717) is 17.9 Å². The highest BCUT2D eigenvalue weighted by Gasteiger charge is 2.23. The smallest absolute Gasteiger partial charge is 0.130 e. The van der Waals surface area contributed by atoms with Crippen molar-refractivity contribution in [1.29, 1.82) is 0 Å². The van der Waals surface area contributed by atoms with Gasteiger partial charge in [-0.25, -0.2) is 4.39 Å². The minimum absolute atomic E-state index is 0.197. The average molecular weight is 225 g/mol. The third-order valence-corrected chi connectivity index (χ3v) is 2.46. The Bertz CT molecular complexity index is 369. The summed E-state index contributed by atoms with van der Waals surface area (Å²) in [5, 5.41) is 3.00. The minimum Gasteiger partial charge on any atom is -0.496 e. The van der Waals surface area contributed by atoms with Crippen molar-refractivity contribution in [2.45, 2.75) is 32.7 Å². The van der Waals surface area contributed by atoms with E-state index in [1.807, 2.05) is 33.9 Å². The number of ether oxygens (including phenoxy) is 1. The summed E-state index contributed by atoms with van der Waals surface area (Å²) in [6.45, 7) is 6.57. The molecule has 0 spiro atoms. The van der Waals surface area contributed by atoms with Crippen molar-refractivity contribution in [3.05, 3.63) is 29.1 Å². The maximum absolute atomic E-state index is 14.0. The van der Waals surface area contributed by atoms with Gasteiger partial charge in [0.1, 0.15) is 11.6 Å². The summed E-state index contributed by atoms with van der Waals surface area (Å²) < 4.78 is 19.3. The number of methoxy groups -OCH3 is 1. The molecule has 0 saturated carbocycles. The van der Waals surface area contributed by atoms with Gasteiger partial charge in [-0.2, -0.15) is 0 Å². The van der Waals surface area contributed by atoms with E-state index in [2.05, 4.69) is 5.32 Å². The highest BCUT2D eigenvalue weighted by molar-refractivity contribution is 5.42. The summed E-state index contributed by atoms with van der Waals surface area (Å²) >= 11 is 0. The zero-order valence-corrected chi connectivity index (χ0v) is 10.6. The number of rotatable bonds is 3. The maximum atomic E-state index is 14.0. The van der Waals surface area contributed by atoms with Crippen LogP contribution in [0, 0.1) is 5.82 Å². The summed E-state index contributed by atoms with van der Waals surface area (Å²) in [4.78, 5) is 0. The van der Waals surface area contributed by atoms with Gasteiger partial charge in [0, 0.05) is 12.1 Å². The number of hydrogen-bond donors (Lipinski definition) is 1. The Morgan fingerprint density at radius 3 is 2.38 bits per heavy atom. The molecule has 3 heteroatoms. The fraction of sp³-hybridized carbons (Fsp3) is 0.538. The molecule has 0 aromatic heterocycles. The minimum atomic E-state index is -0.256. The summed E-state index contributed by atoms with van der Waals surface area (Å²) in [5.41, 5.74) is 1.27. The molecule has 1 rings (SSSR count). The molecular weight excluding hydrogens is 205 g/mol. The van der Waals surface area contributed by atoms with E-state index in [9.17, 15) is 4.39 Å². The third-order valence-electron chi connectivity index (χ3n) is 2.46. The van der Waals surface area contributed by atoms with Crippen molar-refractivity contribution in [1.82, 2.24) is 5.32 Å². The van der Waals surface area contributed by atoms with Crippen LogP contribution in [0.2, 0.25) is 0 Å². The molecular formula is C13H20FNO. The van der Waals surface area contributed by atoms with Crippen molar-refractivity contribution in [3.63, 3.8) is 0 Å². The second kappa shape index (κ2) is 4.83. The molecule has 0 amide bonds. The van der Waals surface area contributed by atoms with E-state index < -0.39 is 0 Å². The topological polar surface area (TPSA) is 21.3 Å². The van der Waals surface area contributed by atoms with Crippen LogP contribution in [0.25, 0.3) is 0 Å². The first-order chi connectivity index (χ1) is 7.40. The second-order valence-corrected chi connectivity index (χ2v) is 4.94. The Balaban J connectivity index is 3.29. The van der Waals surface area contributed by atoms with Crippen LogP contribution in [0.3, 0.4) is 0 Å². The lowest BCUT2D eigenvalue weighted by Gasteiger charge is -2.23. The zero-order chi connectivity index (χ0) is 12.3. The number of hydrogen-bond acceptors (Lipinski definition) is 2. The Morgan fingerprint density at radius 1 is 1.31 bits per heavy atom. The summed E-state index contributed by atoms with van der Waals surface area (Å²) in [7, 11) is 3.41. The lowest BCUT2D eigenvalue weighted by Crippen LogP contribution is -2.16. The first-order valence-electron chi connectivity index (χ1n) is 5.41. The quantitative estimate of drug-likeness (QED) is 0.854. The van der Waals surface area contributed by atoms with E-state index in [1.165, 1.54) is 0 Å². The first-order valence-corrected chi connectivity index (χ1v) is 5.41. The summed E-state index contributed by atoms with van der Waals surface area (Å²) in [6.07, 6.45) is 0. The molecule has 0 saturated heterocycles. The Labute approximate surface area is 96.8 Å². The van der Waals surface area contributed by atoms with Gasteiger partial charge in [-0.05, 0) is 30.2 Å². The molecule has 1 aromatic rings. The van der Waals surface area contributed by atoms with E-state index >= 15 is 0 Å². The molecule has 0 aliphatic carbocycles. The molecule has 0 unspecified atom stereocenters. The lowest BCUT2D eigenvalue weighted by atomic mass is 9.85. The Morgan fingerprint density at radius 2 is 1.94 bits per heavy atom. The highest BCUT2D eigenvalue weighted by Crippen LogP contribution is 2.34. The maximum Gasteiger partial charge on any atom is 0.130 e. The summed E-state index contributed by atoms with van der Waals surface area (Å²) in [5.74, 6) is 0.426. The predicted molar refractivity (Wildman–Crippen MR) is 64.4 cm³/mol. The van der Waals surface area contributed by atoms with E-state index in [0.717, 1.165) is 5.56 Å². The molecule has 0 aliphatic heterocycles. The van der Waals surface area contributed by atoms with E-state index in [1.54, 1.807) is 13.2 Å². The standard InChI is InChI=1S/C13H20FNO/c1-13(2,3)12-10(14)6-9(8-15-4)7-11(12)16-5/h6-7,15H,8H2,1-5H3. The number of halogens is 1. The molecule has 0 bridgehead atoms. The van der Waals surface area contributed by atoms with Gasteiger partial charge >= 0.3 is 0 Å². The van der Waals surface area contributed by atoms with Gasteiger partial charge in [-0.1, -0.05) is 20.8 Å². The SMILES string of the molecule is CNCc1cc(F)c(C(C)(C)C)c(OC)c1. The molecule has 0 aliphatic rings. The number of nitrogens with one attached hydrogen (secondary N) is 1. The lowest BCUT2D eigenvalue weighted by molar-refractivity contribution is 0.387. The fourth-order valence-corrected chi connectivity index (χ4v) is 1.83. The highest BCUT2D eigenvalue weighted by atomic mass is 19.1. The van der Waals surface area contributed by atoms with Gasteiger partial charge in [0.15, 0.2) is 0 Å². The van der Waals surface area contributed by atoms with Crippen molar-refractivity contribution in [2.24, 2.45) is 0 Å². The molecule has 0 fully saturated rings. The van der Waals surface area contributed by atoms with Crippen LogP contribution in [-0.4, -0.2) is 14.2 Å². The van der Waals surface area contributed by atoms with Crippen molar-refractivity contribution >= 4 is 0 Å². The van der Waals surface area contributed by atoms with Gasteiger partial charge in [-0.15, -0.1) is 0 Å². The van der Waals surface area contributed by atoms with Crippen LogP contribution in [0.5, 0.6) is 5.75 Å². The van der Waals surface area contributed by atoms with Crippen molar-refractivity contribution in [3.8, 4) is 5.75 Å². The van der Waals surface area contributed by atoms with Crippen molar-refractivity contribution < 1.29 is 9.13 Å². The van der Waals surface area contributed by atoms with Gasteiger partial charge in [0.05, 0.1) is 7.11 Å². The normalized spacial score (nSPS) is 11.6. The fourth-order valence-electron chi connectivity index (χ4n) is 1.83. The van der Waals surface area contributed by atoms with Gasteiger partial charge in [0.25, 0.3) is 0 Å². The Kier molecular flexibility index (Phi) is 3.92. The molecule has 16 heavy (non-hydrogen) atoms. The van der Waals surface area contributed by atoms with Crippen LogP contribution in [0.1, 0.15) is 31.9 Å². The van der Waals surface area contributed by atoms with Crippen LogP contribution >= 0.6 is 0 Å². The van der Waals surface area contributed by atoms with E-state index in [4.69, 9.17) is 4.74 Å². The summed E-state index contributed by atoms with van der Waals surface area (Å²) in [6, 6.07) is 3.46. The van der Waals surface area contributed by atoms with Gasteiger partial charge < -0.3 is 10.1 Å². The first kappa shape index (κ1) is 13.0. The molecule has 90 valence electrons.